The summed E-state index contributed by atoms with van der Waals surface area (Å²) in [7, 11) is 0. The topological polar surface area (TPSA) is 67.2 Å². The largest absolute Gasteiger partial charge is 0.468 e. The quantitative estimate of drug-likeness (QED) is 0.436. The van der Waals surface area contributed by atoms with Crippen molar-refractivity contribution >= 4 is 29.9 Å². The number of aliphatic imine (C=N–C) groups is 1. The zero-order valence-corrected chi connectivity index (χ0v) is 16.7. The van der Waals surface area contributed by atoms with Crippen molar-refractivity contribution in [2.45, 2.75) is 38.3 Å². The van der Waals surface area contributed by atoms with Crippen LogP contribution in [0.15, 0.2) is 27.8 Å². The molecule has 3 heterocycles. The summed E-state index contributed by atoms with van der Waals surface area (Å²) in [6.07, 6.45) is 5.76. The van der Waals surface area contributed by atoms with Gasteiger partial charge in [0.2, 0.25) is 0 Å². The molecule has 2 fully saturated rings. The molecule has 0 spiro atoms. The molecule has 136 valence electrons. The maximum absolute atomic E-state index is 6.21. The van der Waals surface area contributed by atoms with Gasteiger partial charge in [-0.3, -0.25) is 9.89 Å². The molecule has 2 aliphatic heterocycles. The number of hydrogen-bond acceptors (Lipinski definition) is 4. The highest BCUT2D eigenvalue weighted by molar-refractivity contribution is 14.0. The molecule has 2 aliphatic rings. The van der Waals surface area contributed by atoms with Gasteiger partial charge in [-0.2, -0.15) is 0 Å². The van der Waals surface area contributed by atoms with Gasteiger partial charge in [-0.15, -0.1) is 24.0 Å². The van der Waals surface area contributed by atoms with E-state index in [0.29, 0.717) is 19.1 Å². The van der Waals surface area contributed by atoms with Gasteiger partial charge < -0.3 is 19.8 Å². The van der Waals surface area contributed by atoms with Crippen LogP contribution in [0.4, 0.5) is 0 Å². The molecule has 2 saturated heterocycles. The highest BCUT2D eigenvalue weighted by Gasteiger charge is 2.25. The number of nitrogens with zero attached hydrogens (tertiary/aromatic N) is 3. The Bertz CT molecular complexity index is 503. The Balaban J connectivity index is 0.00000208. The number of hydrogen-bond donors (Lipinski definition) is 1. The molecule has 6 nitrogen and oxygen atoms in total. The van der Waals surface area contributed by atoms with Crippen LogP contribution in [0.5, 0.6) is 0 Å². The van der Waals surface area contributed by atoms with E-state index in [-0.39, 0.29) is 36.1 Å². The van der Waals surface area contributed by atoms with Crippen LogP contribution in [-0.4, -0.2) is 61.2 Å². The Morgan fingerprint density at radius 3 is 2.79 bits per heavy atom. The van der Waals surface area contributed by atoms with Crippen LogP contribution in [0.1, 0.15) is 38.0 Å². The van der Waals surface area contributed by atoms with Crippen molar-refractivity contribution in [1.82, 2.24) is 9.80 Å². The van der Waals surface area contributed by atoms with Gasteiger partial charge in [0.25, 0.3) is 0 Å². The van der Waals surface area contributed by atoms with Gasteiger partial charge >= 0.3 is 0 Å². The third-order valence-electron chi connectivity index (χ3n) is 4.69. The minimum atomic E-state index is 0. The summed E-state index contributed by atoms with van der Waals surface area (Å²) in [5.41, 5.74) is 6.21. The van der Waals surface area contributed by atoms with E-state index in [1.807, 2.05) is 12.1 Å². The van der Waals surface area contributed by atoms with Crippen LogP contribution in [-0.2, 0) is 4.74 Å². The first-order valence-corrected chi connectivity index (χ1v) is 8.68. The standard InChI is InChI=1S/C17H28N4O2.HI/c1-14-13-21(9-11-22-14)17(18)19-12-15(16-6-5-10-23-16)20-7-3-2-4-8-20;/h5-6,10,14-15H,2-4,7-9,11-13H2,1H3,(H2,18,19);1H. The predicted octanol–water partition coefficient (Wildman–Crippen LogP) is 2.46. The SMILES string of the molecule is CC1CN(C(N)=NCC(c2ccco2)N2CCCCC2)CCO1.I. The molecule has 1 aromatic heterocycles. The monoisotopic (exact) mass is 448 g/mol. The number of morpholine rings is 1. The lowest BCUT2D eigenvalue weighted by atomic mass is 10.1. The molecule has 0 radical (unpaired) electrons. The van der Waals surface area contributed by atoms with Gasteiger partial charge in [-0.05, 0) is 45.0 Å². The van der Waals surface area contributed by atoms with Gasteiger partial charge in [-0.1, -0.05) is 6.42 Å². The smallest absolute Gasteiger partial charge is 0.191 e. The van der Waals surface area contributed by atoms with Crippen molar-refractivity contribution < 1.29 is 9.15 Å². The number of halogens is 1. The van der Waals surface area contributed by atoms with Crippen LogP contribution in [0, 0.1) is 0 Å². The molecule has 1 aromatic rings. The summed E-state index contributed by atoms with van der Waals surface area (Å²) in [5, 5.41) is 0. The average molecular weight is 448 g/mol. The summed E-state index contributed by atoms with van der Waals surface area (Å²) in [6, 6.07) is 4.17. The minimum Gasteiger partial charge on any atom is -0.468 e. The molecule has 3 rings (SSSR count). The summed E-state index contributed by atoms with van der Waals surface area (Å²) in [6.45, 7) is 7.26. The van der Waals surface area contributed by atoms with Crippen molar-refractivity contribution in [3.05, 3.63) is 24.2 Å². The third-order valence-corrected chi connectivity index (χ3v) is 4.69. The van der Waals surface area contributed by atoms with Crippen molar-refractivity contribution in [2.75, 3.05) is 39.3 Å². The zero-order chi connectivity index (χ0) is 16.1. The predicted molar refractivity (Wildman–Crippen MR) is 106 cm³/mol. The van der Waals surface area contributed by atoms with Crippen LogP contribution >= 0.6 is 24.0 Å². The molecule has 7 heteroatoms. The summed E-state index contributed by atoms with van der Waals surface area (Å²) >= 11 is 0. The third kappa shape index (κ3) is 5.10. The second kappa shape index (κ2) is 9.62. The first kappa shape index (κ1) is 19.5. The van der Waals surface area contributed by atoms with Gasteiger partial charge in [0, 0.05) is 13.1 Å². The molecule has 0 amide bonds. The average Bonchev–Trinajstić information content (AvgIpc) is 3.10. The van der Waals surface area contributed by atoms with E-state index in [2.05, 4.69) is 21.7 Å². The Labute approximate surface area is 161 Å². The van der Waals surface area contributed by atoms with Crippen LogP contribution in [0.25, 0.3) is 0 Å². The van der Waals surface area contributed by atoms with E-state index >= 15 is 0 Å². The zero-order valence-electron chi connectivity index (χ0n) is 14.4. The highest BCUT2D eigenvalue weighted by Crippen LogP contribution is 2.25. The Morgan fingerprint density at radius 2 is 2.12 bits per heavy atom. The fraction of sp³-hybridized carbons (Fsp3) is 0.706. The molecule has 24 heavy (non-hydrogen) atoms. The Hall–Kier alpha value is -0.800. The summed E-state index contributed by atoms with van der Waals surface area (Å²) in [4.78, 5) is 9.26. The number of ether oxygens (including phenoxy) is 1. The van der Waals surface area contributed by atoms with E-state index in [1.54, 1.807) is 6.26 Å². The second-order valence-electron chi connectivity index (χ2n) is 6.45. The van der Waals surface area contributed by atoms with Gasteiger partial charge in [0.15, 0.2) is 5.96 Å². The van der Waals surface area contributed by atoms with Crippen LogP contribution in [0.2, 0.25) is 0 Å². The number of piperidine rings is 1. The summed E-state index contributed by atoms with van der Waals surface area (Å²) < 4.78 is 11.2. The number of rotatable bonds is 4. The molecule has 2 atom stereocenters. The maximum Gasteiger partial charge on any atom is 0.191 e. The molecule has 0 aliphatic carbocycles. The van der Waals surface area contributed by atoms with Crippen molar-refractivity contribution in [3.8, 4) is 0 Å². The first-order valence-electron chi connectivity index (χ1n) is 8.68. The number of likely N-dealkylation sites (tertiary alicyclic amines) is 1. The lowest BCUT2D eigenvalue weighted by molar-refractivity contribution is 0.00522. The van der Waals surface area contributed by atoms with E-state index in [4.69, 9.17) is 14.9 Å². The minimum absolute atomic E-state index is 0. The lowest BCUT2D eigenvalue weighted by Crippen LogP contribution is -2.48. The maximum atomic E-state index is 6.21. The fourth-order valence-electron chi connectivity index (χ4n) is 3.40. The van der Waals surface area contributed by atoms with Crippen molar-refractivity contribution in [2.24, 2.45) is 10.7 Å². The molecular formula is C17H29IN4O2. The second-order valence-corrected chi connectivity index (χ2v) is 6.45. The lowest BCUT2D eigenvalue weighted by Gasteiger charge is -2.34. The van der Waals surface area contributed by atoms with Gasteiger partial charge in [-0.25, -0.2) is 0 Å². The molecule has 2 N–H and O–H groups in total. The number of guanidine groups is 1. The van der Waals surface area contributed by atoms with Gasteiger partial charge in [0.1, 0.15) is 5.76 Å². The molecular weight excluding hydrogens is 419 g/mol. The fourth-order valence-corrected chi connectivity index (χ4v) is 3.40. The summed E-state index contributed by atoms with van der Waals surface area (Å²) in [5.74, 6) is 1.60. The molecule has 2 unspecified atom stereocenters. The van der Waals surface area contributed by atoms with Crippen molar-refractivity contribution in [1.29, 1.82) is 0 Å². The molecule has 0 bridgehead atoms. The highest BCUT2D eigenvalue weighted by atomic mass is 127. The first-order chi connectivity index (χ1) is 11.2. The van der Waals surface area contributed by atoms with E-state index in [9.17, 15) is 0 Å². The number of furan rings is 1. The Morgan fingerprint density at radius 1 is 1.33 bits per heavy atom. The molecule has 0 aromatic carbocycles. The van der Waals surface area contributed by atoms with Gasteiger partial charge in [0.05, 0.1) is 31.6 Å². The van der Waals surface area contributed by atoms with Crippen LogP contribution in [0.3, 0.4) is 0 Å². The normalized spacial score (nSPS) is 24.5. The van der Waals surface area contributed by atoms with E-state index in [1.165, 1.54) is 19.3 Å². The van der Waals surface area contributed by atoms with E-state index < -0.39 is 0 Å². The van der Waals surface area contributed by atoms with E-state index in [0.717, 1.165) is 31.9 Å². The Kier molecular flexibility index (Phi) is 7.83. The van der Waals surface area contributed by atoms with Crippen molar-refractivity contribution in [3.63, 3.8) is 0 Å². The molecule has 0 saturated carbocycles. The van der Waals surface area contributed by atoms with Crippen LogP contribution < -0.4 is 5.73 Å². The number of nitrogens with two attached hydrogens (primary N) is 1.